The molecule has 1 atom stereocenters. The molecule has 0 aliphatic heterocycles. The molecule has 0 fully saturated rings. The summed E-state index contributed by atoms with van der Waals surface area (Å²) >= 11 is 7.75. The van der Waals surface area contributed by atoms with E-state index in [0.717, 1.165) is 26.8 Å². The van der Waals surface area contributed by atoms with Gasteiger partial charge in [-0.2, -0.15) is 0 Å². The highest BCUT2D eigenvalue weighted by atomic mass is 35.5. The summed E-state index contributed by atoms with van der Waals surface area (Å²) in [5, 5.41) is 25.1. The van der Waals surface area contributed by atoms with Crippen molar-refractivity contribution >= 4 is 28.6 Å². The number of nitrogens with one attached hydrogen (secondary N) is 1. The first-order valence-corrected chi connectivity index (χ1v) is 9.32. The molecule has 0 saturated heterocycles. The van der Waals surface area contributed by atoms with Crippen LogP contribution in [0.15, 0.2) is 48.5 Å². The van der Waals surface area contributed by atoms with Crippen LogP contribution in [0.1, 0.15) is 47.0 Å². The van der Waals surface area contributed by atoms with E-state index in [9.17, 15) is 5.11 Å². The minimum Gasteiger partial charge on any atom is -0.384 e. The molecule has 1 heterocycles. The first-order chi connectivity index (χ1) is 12.0. The summed E-state index contributed by atoms with van der Waals surface area (Å²) in [5.74, 6) is 0.372. The van der Waals surface area contributed by atoms with Crippen LogP contribution in [0, 0.1) is 0 Å². The molecule has 0 spiro atoms. The molecule has 4 nitrogen and oxygen atoms in total. The Kier molecular flexibility index (Phi) is 5.68. The third kappa shape index (κ3) is 4.37. The number of aliphatic hydroxyl groups excluding tert-OH is 1. The van der Waals surface area contributed by atoms with Gasteiger partial charge in [0.2, 0.25) is 0 Å². The van der Waals surface area contributed by atoms with Gasteiger partial charge in [-0.15, -0.1) is 10.2 Å². The minimum atomic E-state index is -0.747. The van der Waals surface area contributed by atoms with Gasteiger partial charge in [0.25, 0.3) is 0 Å². The molecule has 2 aromatic carbocycles. The Labute approximate surface area is 156 Å². The lowest BCUT2D eigenvalue weighted by Crippen LogP contribution is -2.07. The van der Waals surface area contributed by atoms with E-state index in [4.69, 9.17) is 11.6 Å². The Hall–Kier alpha value is -1.95. The normalized spacial score (nSPS) is 12.4. The molecule has 0 saturated carbocycles. The van der Waals surface area contributed by atoms with Crippen LogP contribution in [0.3, 0.4) is 0 Å². The van der Waals surface area contributed by atoms with E-state index in [1.54, 1.807) is 17.4 Å². The molecule has 3 rings (SSSR count). The van der Waals surface area contributed by atoms with Crippen molar-refractivity contribution < 1.29 is 5.11 Å². The van der Waals surface area contributed by atoms with Gasteiger partial charge in [-0.25, -0.2) is 0 Å². The van der Waals surface area contributed by atoms with Gasteiger partial charge in [-0.05, 0) is 23.8 Å². The van der Waals surface area contributed by atoms with Crippen LogP contribution in [0.5, 0.6) is 0 Å². The molecule has 3 aromatic rings. The fourth-order valence-corrected chi connectivity index (χ4v) is 3.44. The van der Waals surface area contributed by atoms with Gasteiger partial charge in [0.15, 0.2) is 0 Å². The van der Waals surface area contributed by atoms with E-state index in [0.29, 0.717) is 17.5 Å². The number of hydrogen-bond donors (Lipinski definition) is 2. The van der Waals surface area contributed by atoms with Crippen molar-refractivity contribution in [2.75, 3.05) is 5.32 Å². The maximum atomic E-state index is 10.7. The van der Waals surface area contributed by atoms with E-state index in [1.165, 1.54) is 0 Å². The Morgan fingerprint density at radius 2 is 1.88 bits per heavy atom. The van der Waals surface area contributed by atoms with Crippen LogP contribution in [0.25, 0.3) is 0 Å². The largest absolute Gasteiger partial charge is 0.384 e. The summed E-state index contributed by atoms with van der Waals surface area (Å²) in [7, 11) is 0. The monoisotopic (exact) mass is 373 g/mol. The van der Waals surface area contributed by atoms with Crippen LogP contribution in [0.4, 0.5) is 5.69 Å². The topological polar surface area (TPSA) is 58.0 Å². The van der Waals surface area contributed by atoms with E-state index in [-0.39, 0.29) is 0 Å². The van der Waals surface area contributed by atoms with Crippen molar-refractivity contribution in [3.63, 3.8) is 0 Å². The third-order valence-corrected chi connectivity index (χ3v) is 5.29. The summed E-state index contributed by atoms with van der Waals surface area (Å²) in [5.41, 5.74) is 2.40. The van der Waals surface area contributed by atoms with Crippen LogP contribution < -0.4 is 5.32 Å². The van der Waals surface area contributed by atoms with Crippen molar-refractivity contribution in [3.8, 4) is 0 Å². The van der Waals surface area contributed by atoms with Crippen LogP contribution >= 0.6 is 22.9 Å². The van der Waals surface area contributed by atoms with E-state index in [2.05, 4.69) is 29.4 Å². The molecular weight excluding hydrogens is 354 g/mol. The number of nitrogens with zero attached hydrogens (tertiary/aromatic N) is 2. The van der Waals surface area contributed by atoms with Gasteiger partial charge in [-0.3, -0.25) is 0 Å². The maximum absolute atomic E-state index is 10.7. The number of aromatic nitrogens is 2. The minimum absolute atomic E-state index is 0.372. The second-order valence-electron chi connectivity index (χ2n) is 6.09. The summed E-state index contributed by atoms with van der Waals surface area (Å²) in [6, 6.07) is 15.0. The number of aliphatic hydroxyl groups is 1. The predicted octanol–water partition coefficient (Wildman–Crippen LogP) is 5.01. The number of halogens is 1. The lowest BCUT2D eigenvalue weighted by molar-refractivity contribution is 0.221. The van der Waals surface area contributed by atoms with Gasteiger partial charge in [-0.1, -0.05) is 67.1 Å². The van der Waals surface area contributed by atoms with Crippen molar-refractivity contribution in [1.29, 1.82) is 0 Å². The van der Waals surface area contributed by atoms with Gasteiger partial charge in [0.05, 0.1) is 6.54 Å². The zero-order valence-corrected chi connectivity index (χ0v) is 15.7. The predicted molar refractivity (Wildman–Crippen MR) is 103 cm³/mol. The average Bonchev–Trinajstić information content (AvgIpc) is 3.10. The maximum Gasteiger partial charge on any atom is 0.136 e. The second kappa shape index (κ2) is 7.95. The number of benzene rings is 2. The number of anilines is 1. The molecule has 25 heavy (non-hydrogen) atoms. The first-order valence-electron chi connectivity index (χ1n) is 8.13. The molecule has 0 amide bonds. The van der Waals surface area contributed by atoms with Crippen LogP contribution in [0.2, 0.25) is 5.02 Å². The Balaban J connectivity index is 1.81. The highest BCUT2D eigenvalue weighted by molar-refractivity contribution is 7.11. The van der Waals surface area contributed by atoms with Gasteiger partial charge in [0.1, 0.15) is 16.1 Å². The van der Waals surface area contributed by atoms with E-state index >= 15 is 0 Å². The zero-order valence-electron chi connectivity index (χ0n) is 14.1. The lowest BCUT2D eigenvalue weighted by Gasteiger charge is -2.17. The standard InChI is InChI=1S/C19H20ClN3OS/c1-12(2)19-23-22-17(25-19)11-21-16-9-8-14(20)10-15(16)18(24)13-6-4-3-5-7-13/h3-10,12,18,21,24H,11H2,1-2H3. The zero-order chi connectivity index (χ0) is 17.8. The molecule has 1 aromatic heterocycles. The average molecular weight is 374 g/mol. The Bertz CT molecular complexity index is 836. The molecular formula is C19H20ClN3OS. The van der Waals surface area contributed by atoms with Crippen molar-refractivity contribution in [1.82, 2.24) is 10.2 Å². The van der Waals surface area contributed by atoms with Crippen molar-refractivity contribution in [2.45, 2.75) is 32.4 Å². The number of hydrogen-bond acceptors (Lipinski definition) is 5. The summed E-state index contributed by atoms with van der Waals surface area (Å²) in [6.07, 6.45) is -0.747. The van der Waals surface area contributed by atoms with Gasteiger partial charge >= 0.3 is 0 Å². The smallest absolute Gasteiger partial charge is 0.136 e. The fraction of sp³-hybridized carbons (Fsp3) is 0.263. The molecule has 1 unspecified atom stereocenters. The molecule has 0 aliphatic rings. The van der Waals surface area contributed by atoms with Crippen molar-refractivity contribution in [3.05, 3.63) is 74.7 Å². The summed E-state index contributed by atoms with van der Waals surface area (Å²) in [4.78, 5) is 0. The summed E-state index contributed by atoms with van der Waals surface area (Å²) in [6.45, 7) is 4.76. The molecule has 0 radical (unpaired) electrons. The number of rotatable bonds is 6. The highest BCUT2D eigenvalue weighted by Crippen LogP contribution is 2.31. The Morgan fingerprint density at radius 3 is 2.56 bits per heavy atom. The first kappa shape index (κ1) is 17.9. The SMILES string of the molecule is CC(C)c1nnc(CNc2ccc(Cl)cc2C(O)c2ccccc2)s1. The van der Waals surface area contributed by atoms with Gasteiger partial charge < -0.3 is 10.4 Å². The lowest BCUT2D eigenvalue weighted by atomic mass is 10.00. The summed E-state index contributed by atoms with van der Waals surface area (Å²) < 4.78 is 0. The highest BCUT2D eigenvalue weighted by Gasteiger charge is 2.16. The van der Waals surface area contributed by atoms with Gasteiger partial charge in [0, 0.05) is 22.2 Å². The second-order valence-corrected chi connectivity index (χ2v) is 7.62. The molecule has 2 N–H and O–H groups in total. The molecule has 130 valence electrons. The van der Waals surface area contributed by atoms with E-state index in [1.807, 2.05) is 42.5 Å². The molecule has 6 heteroatoms. The van der Waals surface area contributed by atoms with Crippen LogP contribution in [-0.2, 0) is 6.54 Å². The molecule has 0 bridgehead atoms. The molecule has 0 aliphatic carbocycles. The third-order valence-electron chi connectivity index (χ3n) is 3.83. The fourth-order valence-electron chi connectivity index (χ4n) is 2.48. The van der Waals surface area contributed by atoms with Crippen LogP contribution in [-0.4, -0.2) is 15.3 Å². The van der Waals surface area contributed by atoms with E-state index < -0.39 is 6.10 Å². The Morgan fingerprint density at radius 1 is 1.12 bits per heavy atom. The quantitative estimate of drug-likeness (QED) is 0.637. The van der Waals surface area contributed by atoms with Crippen molar-refractivity contribution in [2.24, 2.45) is 0 Å².